The molecule has 0 amide bonds. The van der Waals surface area contributed by atoms with Gasteiger partial charge in [0.15, 0.2) is 0 Å². The van der Waals surface area contributed by atoms with Crippen LogP contribution in [0.4, 0.5) is 0 Å². The maximum Gasteiger partial charge on any atom is 0.134 e. The summed E-state index contributed by atoms with van der Waals surface area (Å²) in [6, 6.07) is 6.23. The van der Waals surface area contributed by atoms with E-state index in [1.54, 1.807) is 0 Å². The summed E-state index contributed by atoms with van der Waals surface area (Å²) >= 11 is 0. The van der Waals surface area contributed by atoms with Crippen molar-refractivity contribution in [3.63, 3.8) is 0 Å². The maximum absolute atomic E-state index is 12.5. The Bertz CT molecular complexity index is 507. The molecule has 0 bridgehead atoms. The monoisotopic (exact) mass is 262 g/mol. The molecule has 2 nitrogen and oxygen atoms in total. The van der Waals surface area contributed by atoms with E-state index in [2.05, 4.69) is 12.1 Å². The van der Waals surface area contributed by atoms with Gasteiger partial charge in [0, 0.05) is 23.0 Å². The van der Waals surface area contributed by atoms with Crippen LogP contribution in [0, 0.1) is 0 Å². The van der Waals surface area contributed by atoms with Crippen LogP contribution in [0.25, 0.3) is 0 Å². The summed E-state index contributed by atoms with van der Waals surface area (Å²) in [6.45, 7) is 0. The van der Waals surface area contributed by atoms with E-state index in [0.717, 1.165) is 30.6 Å². The predicted molar refractivity (Wildman–Crippen MR) is 72.1 cm³/mol. The highest BCUT2D eigenvalue weighted by molar-refractivity contribution is 7.85. The minimum absolute atomic E-state index is 0.0469. The predicted octanol–water partition coefficient (Wildman–Crippen LogP) is 2.79. The molecule has 18 heavy (non-hydrogen) atoms. The number of aryl methyl sites for hydroxylation is 2. The number of rotatable bonds is 2. The lowest BCUT2D eigenvalue weighted by molar-refractivity contribution is -0.120. The summed E-state index contributed by atoms with van der Waals surface area (Å²) in [4.78, 5) is 12.4. The van der Waals surface area contributed by atoms with Gasteiger partial charge in [-0.1, -0.05) is 6.07 Å². The first-order valence-corrected chi connectivity index (χ1v) is 7.99. The Hall–Kier alpha value is -0.960. The third-order valence-corrected chi connectivity index (χ3v) is 5.77. The van der Waals surface area contributed by atoms with Gasteiger partial charge in [-0.15, -0.1) is 0 Å². The zero-order valence-corrected chi connectivity index (χ0v) is 11.3. The quantitative estimate of drug-likeness (QED) is 0.821. The molecule has 0 saturated heterocycles. The lowest BCUT2D eigenvalue weighted by atomic mass is 9.99. The Morgan fingerprint density at radius 2 is 1.89 bits per heavy atom. The summed E-state index contributed by atoms with van der Waals surface area (Å²) < 4.78 is 12.5. The van der Waals surface area contributed by atoms with Gasteiger partial charge < -0.3 is 0 Å². The Morgan fingerprint density at radius 3 is 2.72 bits per heavy atom. The van der Waals surface area contributed by atoms with Crippen molar-refractivity contribution in [2.45, 2.75) is 55.1 Å². The van der Waals surface area contributed by atoms with Gasteiger partial charge in [0.25, 0.3) is 0 Å². The van der Waals surface area contributed by atoms with E-state index >= 15 is 0 Å². The van der Waals surface area contributed by atoms with E-state index in [1.807, 2.05) is 6.07 Å². The van der Waals surface area contributed by atoms with Crippen LogP contribution < -0.4 is 0 Å². The van der Waals surface area contributed by atoms with Crippen molar-refractivity contribution in [3.8, 4) is 0 Å². The smallest absolute Gasteiger partial charge is 0.134 e. The largest absolute Gasteiger partial charge is 0.300 e. The molecule has 2 aliphatic carbocycles. The Balaban J connectivity index is 1.81. The van der Waals surface area contributed by atoms with Gasteiger partial charge in [0.05, 0.1) is 10.8 Å². The number of benzene rings is 1. The molecule has 3 rings (SSSR count). The molecule has 3 heteroatoms. The average Bonchev–Trinajstić information content (AvgIpc) is 2.85. The zero-order chi connectivity index (χ0) is 12.5. The van der Waals surface area contributed by atoms with Gasteiger partial charge >= 0.3 is 0 Å². The van der Waals surface area contributed by atoms with Gasteiger partial charge in [-0.05, 0) is 55.4 Å². The van der Waals surface area contributed by atoms with Gasteiger partial charge in [-0.3, -0.25) is 9.00 Å². The standard InChI is InChI=1S/C15H18O2S/c16-13-5-2-6-14(10-13)18(17)15-8-7-11-3-1-4-12(11)9-15/h7-9,14H,1-6,10H2. The minimum Gasteiger partial charge on any atom is -0.300 e. The summed E-state index contributed by atoms with van der Waals surface area (Å²) in [5.41, 5.74) is 2.78. The van der Waals surface area contributed by atoms with Crippen LogP contribution in [0.3, 0.4) is 0 Å². The van der Waals surface area contributed by atoms with E-state index in [4.69, 9.17) is 0 Å². The Labute approximate surface area is 110 Å². The van der Waals surface area contributed by atoms with Crippen LogP contribution >= 0.6 is 0 Å². The molecule has 2 aliphatic rings. The minimum atomic E-state index is -1.00. The first kappa shape index (κ1) is 12.1. The van der Waals surface area contributed by atoms with E-state index in [-0.39, 0.29) is 11.0 Å². The van der Waals surface area contributed by atoms with Crippen molar-refractivity contribution in [2.24, 2.45) is 0 Å². The lowest BCUT2D eigenvalue weighted by Gasteiger charge is -2.20. The molecule has 0 spiro atoms. The summed E-state index contributed by atoms with van der Waals surface area (Å²) in [5.74, 6) is 0.278. The van der Waals surface area contributed by atoms with Gasteiger partial charge in [0.2, 0.25) is 0 Å². The third kappa shape index (κ3) is 2.28. The molecule has 2 unspecified atom stereocenters. The molecule has 1 aromatic rings. The zero-order valence-electron chi connectivity index (χ0n) is 10.5. The molecular formula is C15H18O2S. The summed E-state index contributed by atoms with van der Waals surface area (Å²) in [6.07, 6.45) is 6.50. The van der Waals surface area contributed by atoms with Crippen molar-refractivity contribution >= 4 is 16.6 Å². The molecule has 0 heterocycles. The fourth-order valence-corrected chi connectivity index (χ4v) is 4.60. The maximum atomic E-state index is 12.5. The van der Waals surface area contributed by atoms with Crippen LogP contribution in [0.2, 0.25) is 0 Å². The number of carbonyl (C=O) groups is 1. The van der Waals surface area contributed by atoms with E-state index in [9.17, 15) is 9.00 Å². The third-order valence-electron chi connectivity index (χ3n) is 4.04. The average molecular weight is 262 g/mol. The van der Waals surface area contributed by atoms with Gasteiger partial charge in [-0.25, -0.2) is 0 Å². The highest BCUT2D eigenvalue weighted by Gasteiger charge is 2.26. The fraction of sp³-hybridized carbons (Fsp3) is 0.533. The van der Waals surface area contributed by atoms with Crippen LogP contribution in [-0.2, 0) is 28.4 Å². The molecule has 0 N–H and O–H groups in total. The van der Waals surface area contributed by atoms with Crippen LogP contribution in [0.5, 0.6) is 0 Å². The van der Waals surface area contributed by atoms with Crippen molar-refractivity contribution in [2.75, 3.05) is 0 Å². The molecule has 1 aromatic carbocycles. The molecule has 2 atom stereocenters. The number of ketones is 1. The second kappa shape index (κ2) is 4.96. The number of Topliss-reactive ketones (excluding diaryl/α,β-unsaturated/α-hetero) is 1. The lowest BCUT2D eigenvalue weighted by Crippen LogP contribution is -2.24. The van der Waals surface area contributed by atoms with Gasteiger partial charge in [0.1, 0.15) is 5.78 Å². The van der Waals surface area contributed by atoms with Crippen molar-refractivity contribution < 1.29 is 9.00 Å². The van der Waals surface area contributed by atoms with Crippen molar-refractivity contribution in [3.05, 3.63) is 29.3 Å². The Morgan fingerprint density at radius 1 is 1.06 bits per heavy atom. The van der Waals surface area contributed by atoms with E-state index < -0.39 is 10.8 Å². The van der Waals surface area contributed by atoms with Crippen LogP contribution in [0.1, 0.15) is 43.2 Å². The SMILES string of the molecule is O=C1CCCC(S(=O)c2ccc3c(c2)CCC3)C1. The van der Waals surface area contributed by atoms with Gasteiger partial charge in [-0.2, -0.15) is 0 Å². The second-order valence-electron chi connectivity index (χ2n) is 5.34. The molecule has 1 saturated carbocycles. The van der Waals surface area contributed by atoms with Crippen molar-refractivity contribution in [1.29, 1.82) is 0 Å². The summed E-state index contributed by atoms with van der Waals surface area (Å²) in [7, 11) is -1.00. The number of fused-ring (bicyclic) bond motifs is 1. The first-order valence-electron chi connectivity index (χ1n) is 6.78. The normalized spacial score (nSPS) is 24.9. The topological polar surface area (TPSA) is 34.1 Å². The highest BCUT2D eigenvalue weighted by atomic mass is 32.2. The van der Waals surface area contributed by atoms with Crippen LogP contribution in [0.15, 0.2) is 23.1 Å². The fourth-order valence-electron chi connectivity index (χ4n) is 3.03. The number of carbonyl (C=O) groups excluding carboxylic acids is 1. The van der Waals surface area contributed by atoms with Crippen molar-refractivity contribution in [1.82, 2.24) is 0 Å². The molecule has 96 valence electrons. The number of hydrogen-bond donors (Lipinski definition) is 0. The molecule has 0 aromatic heterocycles. The first-order chi connectivity index (χ1) is 8.74. The number of hydrogen-bond acceptors (Lipinski definition) is 2. The van der Waals surface area contributed by atoms with E-state index in [0.29, 0.717) is 12.8 Å². The second-order valence-corrected chi connectivity index (χ2v) is 7.07. The van der Waals surface area contributed by atoms with Crippen LogP contribution in [-0.4, -0.2) is 15.2 Å². The summed E-state index contributed by atoms with van der Waals surface area (Å²) in [5, 5.41) is 0.0469. The molecule has 0 aliphatic heterocycles. The molecular weight excluding hydrogens is 244 g/mol. The Kier molecular flexibility index (Phi) is 3.33. The van der Waals surface area contributed by atoms with E-state index in [1.165, 1.54) is 17.5 Å². The highest BCUT2D eigenvalue weighted by Crippen LogP contribution is 2.28. The molecule has 0 radical (unpaired) electrons. The molecule has 1 fully saturated rings.